The molecule has 86 valence electrons. The second-order valence-corrected chi connectivity index (χ2v) is 3.93. The molecule has 1 aliphatic rings. The molecule has 1 heterocycles. The number of aromatic amines is 1. The minimum atomic E-state index is -1.69. The van der Waals surface area contributed by atoms with Crippen molar-refractivity contribution >= 4 is 6.20 Å². The van der Waals surface area contributed by atoms with Crippen LogP contribution >= 0.6 is 0 Å². The number of rotatable bonds is 2. The van der Waals surface area contributed by atoms with Gasteiger partial charge in [-0.05, 0) is 12.5 Å². The van der Waals surface area contributed by atoms with Crippen LogP contribution in [0, 0.1) is 6.92 Å². The van der Waals surface area contributed by atoms with Crippen molar-refractivity contribution in [3.63, 3.8) is 0 Å². The van der Waals surface area contributed by atoms with E-state index in [0.29, 0.717) is 11.1 Å². The SMILES string of the molecule is Cc1cn(/C=C2\CC2(F)CO)c(=O)[nH]c1=O. The lowest BCUT2D eigenvalue weighted by Gasteiger charge is -1.99. The molecule has 2 N–H and O–H groups in total. The third-order valence-corrected chi connectivity index (χ3v) is 2.61. The van der Waals surface area contributed by atoms with Gasteiger partial charge in [0.05, 0.1) is 6.61 Å². The largest absolute Gasteiger partial charge is 0.393 e. The fourth-order valence-electron chi connectivity index (χ4n) is 1.43. The molecule has 1 aliphatic carbocycles. The second kappa shape index (κ2) is 3.41. The Labute approximate surface area is 89.9 Å². The number of halogens is 1. The first kappa shape index (κ1) is 10.8. The van der Waals surface area contributed by atoms with Gasteiger partial charge in [-0.25, -0.2) is 9.18 Å². The second-order valence-electron chi connectivity index (χ2n) is 3.93. The van der Waals surface area contributed by atoms with E-state index in [4.69, 9.17) is 5.11 Å². The van der Waals surface area contributed by atoms with Crippen LogP contribution in [0.5, 0.6) is 0 Å². The molecule has 0 amide bonds. The third-order valence-electron chi connectivity index (χ3n) is 2.61. The van der Waals surface area contributed by atoms with Gasteiger partial charge in [-0.3, -0.25) is 14.3 Å². The molecule has 1 fully saturated rings. The molecule has 1 atom stereocenters. The number of nitrogens with zero attached hydrogens (tertiary/aromatic N) is 1. The number of aliphatic hydroxyl groups is 1. The monoisotopic (exact) mass is 226 g/mol. The molecule has 16 heavy (non-hydrogen) atoms. The van der Waals surface area contributed by atoms with Gasteiger partial charge in [0.25, 0.3) is 5.56 Å². The Morgan fingerprint density at radius 2 is 2.38 bits per heavy atom. The van der Waals surface area contributed by atoms with Gasteiger partial charge in [-0.2, -0.15) is 0 Å². The molecule has 1 aromatic heterocycles. The summed E-state index contributed by atoms with van der Waals surface area (Å²) in [5.74, 6) is 0. The van der Waals surface area contributed by atoms with E-state index in [-0.39, 0.29) is 6.42 Å². The predicted octanol–water partition coefficient (Wildman–Crippen LogP) is -0.210. The minimum absolute atomic E-state index is 0.119. The van der Waals surface area contributed by atoms with Crippen LogP contribution in [0.25, 0.3) is 6.20 Å². The van der Waals surface area contributed by atoms with E-state index in [2.05, 4.69) is 4.98 Å². The van der Waals surface area contributed by atoms with Gasteiger partial charge in [0, 0.05) is 24.4 Å². The van der Waals surface area contributed by atoms with Crippen LogP contribution in [0.1, 0.15) is 12.0 Å². The highest BCUT2D eigenvalue weighted by Gasteiger charge is 2.49. The summed E-state index contributed by atoms with van der Waals surface area (Å²) in [6, 6.07) is 0. The quantitative estimate of drug-likeness (QED) is 0.732. The number of nitrogens with one attached hydrogen (secondary N) is 1. The number of H-pyrrole nitrogens is 1. The van der Waals surface area contributed by atoms with Gasteiger partial charge >= 0.3 is 5.69 Å². The normalized spacial score (nSPS) is 26.1. The topological polar surface area (TPSA) is 75.1 Å². The molecule has 0 bridgehead atoms. The molecular formula is C10H11FN2O3. The van der Waals surface area contributed by atoms with E-state index in [0.717, 1.165) is 4.57 Å². The third kappa shape index (κ3) is 1.71. The number of aliphatic hydroxyl groups excluding tert-OH is 1. The molecule has 1 aromatic rings. The van der Waals surface area contributed by atoms with Gasteiger partial charge in [0.1, 0.15) is 0 Å². The van der Waals surface area contributed by atoms with Crippen LogP contribution in [-0.4, -0.2) is 26.9 Å². The summed E-state index contributed by atoms with van der Waals surface area (Å²) < 4.78 is 14.5. The standard InChI is InChI=1S/C10H11FN2O3/c1-6-3-13(9(16)12-8(6)15)4-7-2-10(7,11)5-14/h3-4,14H,2,5H2,1H3,(H,12,15,16)/b7-4+. The molecule has 0 aliphatic heterocycles. The number of hydrogen-bond donors (Lipinski definition) is 2. The first-order valence-electron chi connectivity index (χ1n) is 4.79. The lowest BCUT2D eigenvalue weighted by Crippen LogP contribution is -2.28. The molecule has 5 nitrogen and oxygen atoms in total. The summed E-state index contributed by atoms with van der Waals surface area (Å²) in [4.78, 5) is 24.5. The maximum absolute atomic E-state index is 13.4. The van der Waals surface area contributed by atoms with Crippen LogP contribution in [-0.2, 0) is 0 Å². The van der Waals surface area contributed by atoms with Crippen molar-refractivity contribution in [2.45, 2.75) is 19.0 Å². The number of aromatic nitrogens is 2. The van der Waals surface area contributed by atoms with E-state index in [1.165, 1.54) is 12.4 Å². The Bertz CT molecular complexity index is 572. The van der Waals surface area contributed by atoms with Gasteiger partial charge in [-0.1, -0.05) is 0 Å². The van der Waals surface area contributed by atoms with E-state index in [1.807, 2.05) is 0 Å². The molecule has 6 heteroatoms. The minimum Gasteiger partial charge on any atom is -0.393 e. The average molecular weight is 226 g/mol. The zero-order valence-corrected chi connectivity index (χ0v) is 8.66. The van der Waals surface area contributed by atoms with Crippen LogP contribution in [0.15, 0.2) is 21.4 Å². The highest BCUT2D eigenvalue weighted by Crippen LogP contribution is 2.46. The van der Waals surface area contributed by atoms with Gasteiger partial charge in [0.2, 0.25) is 0 Å². The summed E-state index contributed by atoms with van der Waals surface area (Å²) in [7, 11) is 0. The Morgan fingerprint density at radius 1 is 1.69 bits per heavy atom. The van der Waals surface area contributed by atoms with Crippen molar-refractivity contribution in [2.75, 3.05) is 6.61 Å². The van der Waals surface area contributed by atoms with Crippen LogP contribution in [0.4, 0.5) is 4.39 Å². The van der Waals surface area contributed by atoms with Crippen molar-refractivity contribution in [3.8, 4) is 0 Å². The van der Waals surface area contributed by atoms with E-state index in [9.17, 15) is 14.0 Å². The predicted molar refractivity (Wildman–Crippen MR) is 55.9 cm³/mol. The summed E-state index contributed by atoms with van der Waals surface area (Å²) in [6.45, 7) is 0.963. The van der Waals surface area contributed by atoms with Crippen molar-refractivity contribution in [2.24, 2.45) is 0 Å². The summed E-state index contributed by atoms with van der Waals surface area (Å²) >= 11 is 0. The van der Waals surface area contributed by atoms with Crippen molar-refractivity contribution < 1.29 is 9.50 Å². The molecular weight excluding hydrogens is 215 g/mol. The highest BCUT2D eigenvalue weighted by molar-refractivity contribution is 5.49. The smallest absolute Gasteiger partial charge is 0.332 e. The first-order valence-corrected chi connectivity index (χ1v) is 4.79. The fraction of sp³-hybridized carbons (Fsp3) is 0.400. The van der Waals surface area contributed by atoms with E-state index in [1.54, 1.807) is 6.92 Å². The van der Waals surface area contributed by atoms with Gasteiger partial charge in [-0.15, -0.1) is 0 Å². The summed E-state index contributed by atoms with van der Waals surface area (Å²) in [5.41, 5.74) is -2.04. The zero-order valence-electron chi connectivity index (χ0n) is 8.66. The zero-order chi connectivity index (χ0) is 11.9. The highest BCUT2D eigenvalue weighted by atomic mass is 19.1. The van der Waals surface area contributed by atoms with Crippen molar-refractivity contribution in [1.29, 1.82) is 0 Å². The van der Waals surface area contributed by atoms with Crippen molar-refractivity contribution in [3.05, 3.63) is 38.2 Å². The average Bonchev–Trinajstić information content (AvgIpc) is 2.87. The lowest BCUT2D eigenvalue weighted by molar-refractivity contribution is 0.170. The first-order chi connectivity index (χ1) is 7.46. The molecule has 1 saturated carbocycles. The van der Waals surface area contributed by atoms with E-state index >= 15 is 0 Å². The number of hydrogen-bond acceptors (Lipinski definition) is 3. The Morgan fingerprint density at radius 3 is 2.94 bits per heavy atom. The number of aryl methyl sites for hydroxylation is 1. The molecule has 0 radical (unpaired) electrons. The Kier molecular flexibility index (Phi) is 2.31. The van der Waals surface area contributed by atoms with Gasteiger partial charge in [0.15, 0.2) is 5.67 Å². The molecule has 1 unspecified atom stereocenters. The summed E-state index contributed by atoms with van der Waals surface area (Å²) in [6.07, 6.45) is 2.76. The van der Waals surface area contributed by atoms with Gasteiger partial charge < -0.3 is 5.11 Å². The van der Waals surface area contributed by atoms with Crippen LogP contribution in [0.3, 0.4) is 0 Å². The maximum atomic E-state index is 13.4. The Balaban J connectivity index is 2.42. The van der Waals surface area contributed by atoms with Crippen LogP contribution in [0.2, 0.25) is 0 Å². The molecule has 0 spiro atoms. The lowest BCUT2D eigenvalue weighted by atomic mass is 10.3. The fourth-order valence-corrected chi connectivity index (χ4v) is 1.43. The van der Waals surface area contributed by atoms with Crippen molar-refractivity contribution in [1.82, 2.24) is 9.55 Å². The maximum Gasteiger partial charge on any atom is 0.332 e. The van der Waals surface area contributed by atoms with E-state index < -0.39 is 23.5 Å². The molecule has 2 rings (SSSR count). The number of alkyl halides is 1. The summed E-state index contributed by atoms with van der Waals surface area (Å²) in [5, 5.41) is 8.72. The molecule has 0 aromatic carbocycles. The molecule has 0 saturated heterocycles. The Hall–Kier alpha value is -1.69. The van der Waals surface area contributed by atoms with Crippen LogP contribution < -0.4 is 11.2 Å².